The summed E-state index contributed by atoms with van der Waals surface area (Å²) in [5.74, 6) is -3.05. The number of Topliss-reactive ketones (excluding diaryl/α,β-unsaturated/α-hetero) is 1. The van der Waals surface area contributed by atoms with Gasteiger partial charge in [-0.25, -0.2) is 21.6 Å². The minimum atomic E-state index is -3.45. The van der Waals surface area contributed by atoms with Crippen LogP contribution in [0.1, 0.15) is 39.2 Å². The quantitative estimate of drug-likeness (QED) is 0.198. The van der Waals surface area contributed by atoms with Gasteiger partial charge in [-0.3, -0.25) is 14.4 Å². The maximum Gasteiger partial charge on any atom is 0.229 e. The summed E-state index contributed by atoms with van der Waals surface area (Å²) in [7, 11) is -3.45. The average molecular weight is 769 g/mol. The molecule has 1 aliphatic heterocycles. The first-order chi connectivity index (χ1) is 21.4. The maximum absolute atomic E-state index is 15.5. The Morgan fingerprint density at radius 3 is 2.37 bits per heavy atom. The minimum Gasteiger partial charge on any atom is -0.385 e. The largest absolute Gasteiger partial charge is 0.385 e. The van der Waals surface area contributed by atoms with E-state index < -0.39 is 49.4 Å². The fourth-order valence-electron chi connectivity index (χ4n) is 7.92. The first kappa shape index (κ1) is 33.0. The number of anilines is 4. The zero-order valence-electron chi connectivity index (χ0n) is 25.8. The van der Waals surface area contributed by atoms with Crippen molar-refractivity contribution in [2.45, 2.75) is 50.2 Å². The number of benzene rings is 3. The molecule has 3 aliphatic rings. The van der Waals surface area contributed by atoms with E-state index in [2.05, 4.69) is 15.4 Å². The van der Waals surface area contributed by atoms with Crippen LogP contribution >= 0.6 is 22.6 Å². The molecule has 3 aromatic rings. The molecule has 246 valence electrons. The summed E-state index contributed by atoms with van der Waals surface area (Å²) < 4.78 is 71.2. The zero-order chi connectivity index (χ0) is 33.4. The molecular formula is C33H36F3IN4O4S. The summed E-state index contributed by atoms with van der Waals surface area (Å²) in [5, 5.41) is 17.4. The normalized spacial score (nSPS) is 26.5. The molecule has 3 unspecified atom stereocenters. The van der Waals surface area contributed by atoms with E-state index in [-0.39, 0.29) is 48.3 Å². The number of β-amino-alcohol motifs (C(OH)–C–C–N with tert-alkyl or cyclic N) is 1. The van der Waals surface area contributed by atoms with Crippen molar-refractivity contribution in [1.29, 1.82) is 0 Å². The van der Waals surface area contributed by atoms with Gasteiger partial charge in [-0.1, -0.05) is 26.0 Å². The van der Waals surface area contributed by atoms with Gasteiger partial charge in [0.1, 0.15) is 11.4 Å². The van der Waals surface area contributed by atoms with Crippen molar-refractivity contribution < 1.29 is 31.5 Å². The van der Waals surface area contributed by atoms with E-state index in [4.69, 9.17) is 0 Å². The number of nitrogens with zero attached hydrogens (tertiary/aromatic N) is 1. The highest BCUT2D eigenvalue weighted by atomic mass is 127. The van der Waals surface area contributed by atoms with Crippen molar-refractivity contribution >= 4 is 61.1 Å². The van der Waals surface area contributed by atoms with Crippen LogP contribution in [0.5, 0.6) is 0 Å². The van der Waals surface area contributed by atoms with Crippen LogP contribution in [0.2, 0.25) is 0 Å². The molecule has 3 fully saturated rings. The Morgan fingerprint density at radius 1 is 1.00 bits per heavy atom. The van der Waals surface area contributed by atoms with Crippen LogP contribution in [0.15, 0.2) is 54.6 Å². The van der Waals surface area contributed by atoms with Crippen molar-refractivity contribution in [3.8, 4) is 0 Å². The molecule has 8 nitrogen and oxygen atoms in total. The Labute approximate surface area is 280 Å². The standard InChI is InChI=1S/C33H36F3IN4O4S/c1-30(2)26-12-13-31(3,22-9-10-23(34)27(36)28(22)39-25-11-8-19(37)14-24(25)35)29(42)33(26,30)41-17-32(43,18-41)16-38-20-6-5-7-21(15-20)40-46(4,44)45/h5-11,14-15,26,38-40,43H,12-13,16-18H2,1-4H3. The molecule has 0 spiro atoms. The number of carbonyl (C=O) groups is 1. The van der Waals surface area contributed by atoms with Gasteiger partial charge in [0, 0.05) is 28.9 Å². The molecule has 1 saturated heterocycles. The molecule has 4 N–H and O–H groups in total. The lowest BCUT2D eigenvalue weighted by Gasteiger charge is -2.54. The van der Waals surface area contributed by atoms with Crippen LogP contribution < -0.4 is 15.4 Å². The molecule has 0 aromatic heterocycles. The van der Waals surface area contributed by atoms with E-state index in [0.717, 1.165) is 12.3 Å². The number of aliphatic hydroxyl groups is 1. The van der Waals surface area contributed by atoms with Crippen molar-refractivity contribution in [2.75, 3.05) is 41.2 Å². The predicted molar refractivity (Wildman–Crippen MR) is 180 cm³/mol. The number of carbonyl (C=O) groups excluding carboxylic acids is 1. The van der Waals surface area contributed by atoms with Gasteiger partial charge in [0.25, 0.3) is 0 Å². The van der Waals surface area contributed by atoms with Gasteiger partial charge in [-0.05, 0) is 102 Å². The SMILES string of the molecule is CC1(c2ccc(F)c(F)c2Nc2ccc(I)cc2F)CCC2C(C)(C)C2(N2CC(O)(CNc3cccc(NS(C)(=O)=O)c3)C2)C1=O. The highest BCUT2D eigenvalue weighted by Crippen LogP contribution is 2.73. The number of fused-ring (bicyclic) bond motifs is 1. The van der Waals surface area contributed by atoms with E-state index in [1.807, 2.05) is 41.3 Å². The summed E-state index contributed by atoms with van der Waals surface area (Å²) >= 11 is 1.96. The molecule has 2 saturated carbocycles. The van der Waals surface area contributed by atoms with Crippen molar-refractivity contribution in [2.24, 2.45) is 11.3 Å². The molecule has 13 heteroatoms. The molecule has 0 amide bonds. The van der Waals surface area contributed by atoms with Gasteiger partial charge in [-0.2, -0.15) is 0 Å². The van der Waals surface area contributed by atoms with E-state index in [1.165, 1.54) is 18.2 Å². The summed E-state index contributed by atoms with van der Waals surface area (Å²) in [6.07, 6.45) is 2.11. The van der Waals surface area contributed by atoms with E-state index in [0.29, 0.717) is 27.8 Å². The Balaban J connectivity index is 1.25. The Morgan fingerprint density at radius 2 is 1.70 bits per heavy atom. The van der Waals surface area contributed by atoms with Crippen LogP contribution in [0.4, 0.5) is 35.9 Å². The third-order valence-electron chi connectivity index (χ3n) is 10.2. The van der Waals surface area contributed by atoms with Gasteiger partial charge >= 0.3 is 0 Å². The number of hydrogen-bond donors (Lipinski definition) is 4. The fourth-order valence-corrected chi connectivity index (χ4v) is 8.93. The summed E-state index contributed by atoms with van der Waals surface area (Å²) in [5.41, 5.74) is -2.78. The fraction of sp³-hybridized carbons (Fsp3) is 0.424. The molecule has 0 radical (unpaired) electrons. The first-order valence-corrected chi connectivity index (χ1v) is 17.9. The van der Waals surface area contributed by atoms with Gasteiger partial charge in [0.2, 0.25) is 10.0 Å². The van der Waals surface area contributed by atoms with Crippen molar-refractivity contribution in [1.82, 2.24) is 4.90 Å². The number of halogens is 4. The van der Waals surface area contributed by atoms with Crippen molar-refractivity contribution in [3.63, 3.8) is 0 Å². The molecule has 1 heterocycles. The summed E-state index contributed by atoms with van der Waals surface area (Å²) in [6.45, 7) is 6.39. The third kappa shape index (κ3) is 5.36. The number of hydrogen-bond acceptors (Lipinski definition) is 7. The Kier molecular flexibility index (Phi) is 7.97. The zero-order valence-corrected chi connectivity index (χ0v) is 28.8. The van der Waals surface area contributed by atoms with Crippen LogP contribution in [-0.4, -0.2) is 61.2 Å². The van der Waals surface area contributed by atoms with E-state index in [9.17, 15) is 27.1 Å². The second kappa shape index (κ2) is 11.1. The monoisotopic (exact) mass is 768 g/mol. The lowest BCUT2D eigenvalue weighted by atomic mass is 9.66. The number of likely N-dealkylation sites (tertiary alicyclic amines) is 1. The van der Waals surface area contributed by atoms with Gasteiger partial charge in [0.15, 0.2) is 17.4 Å². The van der Waals surface area contributed by atoms with Crippen LogP contribution in [0.3, 0.4) is 0 Å². The molecule has 3 aromatic carbocycles. The molecule has 0 bridgehead atoms. The van der Waals surface area contributed by atoms with Crippen LogP contribution in [0, 0.1) is 32.4 Å². The van der Waals surface area contributed by atoms with Gasteiger partial charge in [0.05, 0.1) is 34.3 Å². The lowest BCUT2D eigenvalue weighted by molar-refractivity contribution is -0.155. The summed E-state index contributed by atoms with van der Waals surface area (Å²) in [4.78, 5) is 16.8. The average Bonchev–Trinajstić information content (AvgIpc) is 3.46. The van der Waals surface area contributed by atoms with Crippen molar-refractivity contribution in [3.05, 3.63) is 81.2 Å². The molecule has 3 atom stereocenters. The highest BCUT2D eigenvalue weighted by molar-refractivity contribution is 14.1. The first-order valence-electron chi connectivity index (χ1n) is 15.0. The maximum atomic E-state index is 15.5. The van der Waals surface area contributed by atoms with E-state index in [1.54, 1.807) is 37.3 Å². The minimum absolute atomic E-state index is 0.00665. The third-order valence-corrected chi connectivity index (χ3v) is 11.5. The molecule has 6 rings (SSSR count). The van der Waals surface area contributed by atoms with Gasteiger partial charge in [-0.15, -0.1) is 0 Å². The second-order valence-corrected chi connectivity index (χ2v) is 16.7. The second-order valence-electron chi connectivity index (χ2n) is 13.7. The van der Waals surface area contributed by atoms with Gasteiger partial charge < -0.3 is 15.7 Å². The topological polar surface area (TPSA) is 111 Å². The van der Waals surface area contributed by atoms with Crippen LogP contribution in [0.25, 0.3) is 0 Å². The smallest absolute Gasteiger partial charge is 0.229 e. The Bertz CT molecular complexity index is 1850. The lowest BCUT2D eigenvalue weighted by Crippen LogP contribution is -2.72. The summed E-state index contributed by atoms with van der Waals surface area (Å²) in [6, 6.07) is 13.5. The van der Waals surface area contributed by atoms with E-state index >= 15 is 4.39 Å². The number of rotatable bonds is 9. The number of nitrogens with one attached hydrogen (secondary N) is 3. The molecule has 2 aliphatic carbocycles. The number of ketones is 1. The van der Waals surface area contributed by atoms with Crippen LogP contribution in [-0.2, 0) is 20.2 Å². The number of sulfonamides is 1. The predicted octanol–water partition coefficient (Wildman–Crippen LogP) is 6.00. The molecular weight excluding hydrogens is 732 g/mol. The Hall–Kier alpha value is -2.88. The highest BCUT2D eigenvalue weighted by Gasteiger charge is 2.82. The molecule has 46 heavy (non-hydrogen) atoms.